The minimum absolute atomic E-state index is 0.758. The summed E-state index contributed by atoms with van der Waals surface area (Å²) in [6.07, 6.45) is -1.76. The minimum Gasteiger partial charge on any atom is -0.355 e. The molecule has 3 aliphatic rings. The number of halogens is 2. The van der Waals surface area contributed by atoms with E-state index in [-0.39, 0.29) is 0 Å². The summed E-state index contributed by atoms with van der Waals surface area (Å²) in [6, 6.07) is 0. The summed E-state index contributed by atoms with van der Waals surface area (Å²) < 4.78 is 26.9. The first-order valence-electron chi connectivity index (χ1n) is 6.60. The second kappa shape index (κ2) is 4.86. The van der Waals surface area contributed by atoms with Crippen molar-refractivity contribution in [3.05, 3.63) is 0 Å². The lowest BCUT2D eigenvalue weighted by atomic mass is 9.78. The maximum atomic E-state index is 12.5. The molecule has 0 amide bonds. The van der Waals surface area contributed by atoms with E-state index in [0.29, 0.717) is 0 Å². The van der Waals surface area contributed by atoms with Crippen molar-refractivity contribution >= 4 is 34.8 Å². The highest BCUT2D eigenvalue weighted by molar-refractivity contribution is 6.66. The van der Waals surface area contributed by atoms with Crippen molar-refractivity contribution < 1.29 is 33.3 Å². The summed E-state index contributed by atoms with van der Waals surface area (Å²) >= 11 is 13.3. The van der Waals surface area contributed by atoms with Gasteiger partial charge in [0.15, 0.2) is 22.3 Å². The molecule has 0 radical (unpaired) electrons. The van der Waals surface area contributed by atoms with Gasteiger partial charge in [-0.1, -0.05) is 0 Å². The van der Waals surface area contributed by atoms with Gasteiger partial charge in [-0.25, -0.2) is 0 Å². The number of hydrogen-bond donors (Lipinski definition) is 0. The molecule has 1 aliphatic heterocycles. The monoisotopic (exact) mass is 354 g/mol. The van der Waals surface area contributed by atoms with E-state index in [2.05, 4.69) is 0 Å². The van der Waals surface area contributed by atoms with Gasteiger partial charge in [-0.2, -0.15) is 0 Å². The molecule has 0 N–H and O–H groups in total. The molecule has 22 heavy (non-hydrogen) atoms. The highest BCUT2D eigenvalue weighted by atomic mass is 35.5. The molecular formula is C13H16Cl2O7. The molecule has 3 rings (SSSR count). The highest BCUT2D eigenvalue weighted by Gasteiger charge is 2.93. The topological polar surface area (TPSA) is 80.3 Å². The van der Waals surface area contributed by atoms with E-state index in [1.165, 1.54) is 28.4 Å². The molecule has 3 fully saturated rings. The average molecular weight is 355 g/mol. The van der Waals surface area contributed by atoms with Gasteiger partial charge < -0.3 is 23.7 Å². The number of hydrogen-bond acceptors (Lipinski definition) is 7. The Balaban J connectivity index is 2.28. The SMILES string of the molecule is CO[C@@H]1O[C@H](OC)[C@@H]2[C@H]1[C@]1(Cl)C(=O)C(=O)[C@@]2(Cl)C1(OC)OC. The summed E-state index contributed by atoms with van der Waals surface area (Å²) in [5.74, 6) is -5.07. The van der Waals surface area contributed by atoms with E-state index in [4.69, 9.17) is 46.9 Å². The molecular weight excluding hydrogens is 339 g/mol. The van der Waals surface area contributed by atoms with E-state index < -0.39 is 51.5 Å². The fourth-order valence-electron chi connectivity index (χ4n) is 4.23. The summed E-state index contributed by atoms with van der Waals surface area (Å²) in [7, 11) is 5.38. The lowest BCUT2D eigenvalue weighted by Gasteiger charge is -2.40. The van der Waals surface area contributed by atoms with Crippen molar-refractivity contribution in [2.75, 3.05) is 28.4 Å². The minimum atomic E-state index is -1.85. The van der Waals surface area contributed by atoms with Gasteiger partial charge >= 0.3 is 0 Å². The number of rotatable bonds is 4. The number of Topliss-reactive ketones (excluding diaryl/α,β-unsaturated/α-hetero) is 2. The van der Waals surface area contributed by atoms with Gasteiger partial charge in [-0.3, -0.25) is 9.59 Å². The van der Waals surface area contributed by atoms with Gasteiger partial charge in [-0.15, -0.1) is 23.2 Å². The molecule has 1 heterocycles. The Morgan fingerprint density at radius 2 is 1.23 bits per heavy atom. The van der Waals surface area contributed by atoms with Crippen LogP contribution in [0.4, 0.5) is 0 Å². The molecule has 2 aliphatic carbocycles. The lowest BCUT2D eigenvalue weighted by Crippen LogP contribution is -2.59. The van der Waals surface area contributed by atoms with Crippen LogP contribution in [0, 0.1) is 11.8 Å². The third-order valence-electron chi connectivity index (χ3n) is 5.02. The zero-order valence-electron chi connectivity index (χ0n) is 12.4. The van der Waals surface area contributed by atoms with Gasteiger partial charge in [0.25, 0.3) is 0 Å². The summed E-state index contributed by atoms with van der Waals surface area (Å²) in [4.78, 5) is 21.4. The Labute approximate surface area is 137 Å². The number of ether oxygens (including phenoxy) is 5. The molecule has 2 bridgehead atoms. The maximum absolute atomic E-state index is 12.5. The molecule has 9 heteroatoms. The maximum Gasteiger partial charge on any atom is 0.227 e. The van der Waals surface area contributed by atoms with Crippen LogP contribution in [0.3, 0.4) is 0 Å². The quantitative estimate of drug-likeness (QED) is 0.408. The van der Waals surface area contributed by atoms with Crippen LogP contribution >= 0.6 is 23.2 Å². The molecule has 6 atom stereocenters. The van der Waals surface area contributed by atoms with E-state index in [1.54, 1.807) is 0 Å². The third kappa shape index (κ3) is 1.34. The van der Waals surface area contributed by atoms with Crippen LogP contribution in [-0.4, -0.2) is 68.1 Å². The molecule has 0 unspecified atom stereocenters. The Kier molecular flexibility index (Phi) is 3.66. The second-order valence-corrected chi connectivity index (χ2v) is 6.69. The van der Waals surface area contributed by atoms with Crippen molar-refractivity contribution in [3.63, 3.8) is 0 Å². The van der Waals surface area contributed by atoms with Crippen LogP contribution in [0.1, 0.15) is 0 Å². The van der Waals surface area contributed by atoms with Crippen molar-refractivity contribution in [2.24, 2.45) is 11.8 Å². The number of alkyl halides is 2. The number of carbonyl (C=O) groups excluding carboxylic acids is 2. The van der Waals surface area contributed by atoms with Gasteiger partial charge in [0.05, 0.1) is 11.8 Å². The van der Waals surface area contributed by atoms with Crippen LogP contribution in [0.15, 0.2) is 0 Å². The lowest BCUT2D eigenvalue weighted by molar-refractivity contribution is -0.254. The van der Waals surface area contributed by atoms with Gasteiger partial charge in [0.1, 0.15) is 0 Å². The first-order valence-corrected chi connectivity index (χ1v) is 7.35. The van der Waals surface area contributed by atoms with Crippen LogP contribution in [0.2, 0.25) is 0 Å². The van der Waals surface area contributed by atoms with Crippen LogP contribution in [0.25, 0.3) is 0 Å². The van der Waals surface area contributed by atoms with Crippen LogP contribution < -0.4 is 0 Å². The summed E-state index contributed by atoms with van der Waals surface area (Å²) in [5, 5.41) is 0. The Morgan fingerprint density at radius 1 is 0.864 bits per heavy atom. The van der Waals surface area contributed by atoms with Crippen LogP contribution in [-0.2, 0) is 33.3 Å². The van der Waals surface area contributed by atoms with Gasteiger partial charge in [0.2, 0.25) is 17.4 Å². The Morgan fingerprint density at radius 3 is 1.50 bits per heavy atom. The zero-order chi connectivity index (χ0) is 16.5. The van der Waals surface area contributed by atoms with Crippen molar-refractivity contribution in [1.29, 1.82) is 0 Å². The predicted molar refractivity (Wildman–Crippen MR) is 73.6 cm³/mol. The van der Waals surface area contributed by atoms with Crippen molar-refractivity contribution in [1.82, 2.24) is 0 Å². The molecule has 0 spiro atoms. The number of carbonyl (C=O) groups is 2. The predicted octanol–water partition coefficient (Wildman–Crippen LogP) is 0.304. The van der Waals surface area contributed by atoms with Gasteiger partial charge in [-0.05, 0) is 0 Å². The van der Waals surface area contributed by atoms with Crippen molar-refractivity contribution in [3.8, 4) is 0 Å². The van der Waals surface area contributed by atoms with Crippen LogP contribution in [0.5, 0.6) is 0 Å². The van der Waals surface area contributed by atoms with Crippen molar-refractivity contribution in [2.45, 2.75) is 28.1 Å². The normalized spacial score (nSPS) is 49.0. The van der Waals surface area contributed by atoms with E-state index in [0.717, 1.165) is 0 Å². The number of methoxy groups -OCH3 is 4. The molecule has 0 aromatic rings. The second-order valence-electron chi connectivity index (χ2n) is 5.50. The van der Waals surface area contributed by atoms with E-state index in [1.807, 2.05) is 0 Å². The Hall–Kier alpha value is -0.280. The van der Waals surface area contributed by atoms with E-state index in [9.17, 15) is 9.59 Å². The van der Waals surface area contributed by atoms with Gasteiger partial charge in [0, 0.05) is 28.4 Å². The largest absolute Gasteiger partial charge is 0.355 e. The first kappa shape index (κ1) is 16.6. The molecule has 0 aromatic carbocycles. The average Bonchev–Trinajstić information content (AvgIpc) is 3.03. The number of fused-ring (bicyclic) bond motifs is 5. The molecule has 7 nitrogen and oxygen atoms in total. The molecule has 2 saturated carbocycles. The first-order chi connectivity index (χ1) is 10.3. The summed E-state index contributed by atoms with van der Waals surface area (Å²) in [5.41, 5.74) is 0. The Bertz CT molecular complexity index is 494. The third-order valence-corrected chi connectivity index (χ3v) is 6.37. The fraction of sp³-hybridized carbons (Fsp3) is 0.846. The highest BCUT2D eigenvalue weighted by Crippen LogP contribution is 2.71. The fourth-order valence-corrected chi connectivity index (χ4v) is 5.53. The molecule has 1 saturated heterocycles. The number of ketones is 2. The molecule has 124 valence electrons. The zero-order valence-corrected chi connectivity index (χ0v) is 13.9. The molecule has 0 aromatic heterocycles. The standard InChI is InChI=1S/C13H16Cl2O7/c1-18-9-5-6(10(19-2)22-9)12(15)8(17)7(16)11(5,14)13(12,20-3)21-4/h5-6,9-10H,1-4H3/t5-,6+,9-,10+,11+,12-. The van der Waals surface area contributed by atoms with E-state index >= 15 is 0 Å². The summed E-state index contributed by atoms with van der Waals surface area (Å²) in [6.45, 7) is 0. The smallest absolute Gasteiger partial charge is 0.227 e.